The van der Waals surface area contributed by atoms with E-state index in [0.717, 1.165) is 22.1 Å². The summed E-state index contributed by atoms with van der Waals surface area (Å²) in [6.07, 6.45) is -2.36. The number of carbonyl (C=O) groups is 1. The maximum Gasteiger partial charge on any atom is 0.231 e. The van der Waals surface area contributed by atoms with E-state index in [1.54, 1.807) is 28.1 Å². The zero-order chi connectivity index (χ0) is 29.8. The smallest absolute Gasteiger partial charge is 0.231 e. The first kappa shape index (κ1) is 28.5. The van der Waals surface area contributed by atoms with Crippen LogP contribution in [0.25, 0.3) is 21.9 Å². The average Bonchev–Trinajstić information content (AvgIpc) is 3.70. The van der Waals surface area contributed by atoms with Gasteiger partial charge in [-0.15, -0.1) is 0 Å². The molecule has 1 aliphatic carbocycles. The summed E-state index contributed by atoms with van der Waals surface area (Å²) in [7, 11) is 3.13. The second kappa shape index (κ2) is 10.9. The molecule has 3 aromatic carbocycles. The lowest BCUT2D eigenvalue weighted by Crippen LogP contribution is -2.53. The first-order valence-electron chi connectivity index (χ1n) is 14.3. The lowest BCUT2D eigenvalue weighted by molar-refractivity contribution is -0.218. The SMILES string of the molecule is CC.COc1cc2c(OC3OCC4OC(C)(C)OC4C3O)c3c(c(-c4ccc5c(c4)OCO5)c2cc1OC)C(=O)CC3. The summed E-state index contributed by atoms with van der Waals surface area (Å²) in [6, 6.07) is 9.32. The molecule has 2 saturated heterocycles. The van der Waals surface area contributed by atoms with Gasteiger partial charge in [-0.05, 0) is 55.5 Å². The van der Waals surface area contributed by atoms with Gasteiger partial charge < -0.3 is 43.0 Å². The molecule has 0 bridgehead atoms. The lowest BCUT2D eigenvalue weighted by atomic mass is 9.89. The summed E-state index contributed by atoms with van der Waals surface area (Å²) < 4.78 is 46.7. The predicted molar refractivity (Wildman–Crippen MR) is 153 cm³/mol. The van der Waals surface area contributed by atoms with E-state index in [0.29, 0.717) is 52.5 Å². The van der Waals surface area contributed by atoms with Crippen molar-refractivity contribution in [2.24, 2.45) is 0 Å². The fraction of sp³-hybridized carbons (Fsp3) is 0.469. The second-order valence-electron chi connectivity index (χ2n) is 10.8. The van der Waals surface area contributed by atoms with Gasteiger partial charge >= 0.3 is 0 Å². The van der Waals surface area contributed by atoms with Crippen molar-refractivity contribution in [3.05, 3.63) is 41.5 Å². The number of hydrogen-bond acceptors (Lipinski definition) is 10. The van der Waals surface area contributed by atoms with E-state index in [1.807, 2.05) is 44.2 Å². The molecule has 3 aliphatic heterocycles. The minimum absolute atomic E-state index is 0.00338. The van der Waals surface area contributed by atoms with Gasteiger partial charge in [0.15, 0.2) is 34.6 Å². The molecular formula is C32H36O10. The number of aliphatic hydroxyl groups is 1. The first-order chi connectivity index (χ1) is 20.3. The molecule has 10 nitrogen and oxygen atoms in total. The summed E-state index contributed by atoms with van der Waals surface area (Å²) in [5.41, 5.74) is 2.87. The highest BCUT2D eigenvalue weighted by atomic mass is 16.8. The normalized spacial score (nSPS) is 25.0. The van der Waals surface area contributed by atoms with Crippen molar-refractivity contribution in [3.8, 4) is 39.9 Å². The van der Waals surface area contributed by atoms with Gasteiger partial charge in [-0.1, -0.05) is 19.9 Å². The molecule has 0 aromatic heterocycles. The Kier molecular flexibility index (Phi) is 7.43. The molecule has 224 valence electrons. The van der Waals surface area contributed by atoms with Gasteiger partial charge in [0.1, 0.15) is 24.1 Å². The number of aliphatic hydroxyl groups excluding tert-OH is 1. The second-order valence-corrected chi connectivity index (χ2v) is 10.8. The van der Waals surface area contributed by atoms with Crippen LogP contribution in [0.3, 0.4) is 0 Å². The van der Waals surface area contributed by atoms with E-state index in [2.05, 4.69) is 0 Å². The Morgan fingerprint density at radius 3 is 2.36 bits per heavy atom. The number of hydrogen-bond donors (Lipinski definition) is 1. The number of carbonyl (C=O) groups excluding carboxylic acids is 1. The molecule has 42 heavy (non-hydrogen) atoms. The number of fused-ring (bicyclic) bond motifs is 4. The van der Waals surface area contributed by atoms with Gasteiger partial charge in [0.05, 0.1) is 20.8 Å². The highest BCUT2D eigenvalue weighted by Crippen LogP contribution is 2.50. The molecule has 4 unspecified atom stereocenters. The lowest BCUT2D eigenvalue weighted by Gasteiger charge is -2.35. The van der Waals surface area contributed by atoms with Gasteiger partial charge in [-0.25, -0.2) is 0 Å². The third-order valence-electron chi connectivity index (χ3n) is 7.90. The molecule has 4 atom stereocenters. The summed E-state index contributed by atoms with van der Waals surface area (Å²) in [6.45, 7) is 7.94. The zero-order valence-corrected chi connectivity index (χ0v) is 24.6. The highest BCUT2D eigenvalue weighted by molar-refractivity contribution is 6.16. The molecule has 4 aliphatic rings. The van der Waals surface area contributed by atoms with Gasteiger partial charge in [0, 0.05) is 28.5 Å². The van der Waals surface area contributed by atoms with Crippen molar-refractivity contribution < 1.29 is 47.8 Å². The van der Waals surface area contributed by atoms with E-state index in [-0.39, 0.29) is 19.2 Å². The summed E-state index contributed by atoms with van der Waals surface area (Å²) in [4.78, 5) is 13.5. The number of ketones is 1. The number of ether oxygens (including phenoxy) is 8. The number of rotatable bonds is 5. The van der Waals surface area contributed by atoms with E-state index in [9.17, 15) is 9.90 Å². The Hall–Kier alpha value is -3.57. The summed E-state index contributed by atoms with van der Waals surface area (Å²) in [5.74, 6) is 1.89. The molecule has 0 saturated carbocycles. The van der Waals surface area contributed by atoms with Gasteiger partial charge in [0.25, 0.3) is 0 Å². The summed E-state index contributed by atoms with van der Waals surface area (Å²) in [5, 5.41) is 12.6. The Balaban J connectivity index is 0.00000155. The summed E-state index contributed by atoms with van der Waals surface area (Å²) >= 11 is 0. The van der Waals surface area contributed by atoms with Crippen LogP contribution < -0.4 is 23.7 Å². The first-order valence-corrected chi connectivity index (χ1v) is 14.3. The van der Waals surface area contributed by atoms with Crippen LogP contribution in [0.2, 0.25) is 0 Å². The van der Waals surface area contributed by atoms with Crippen LogP contribution in [0.15, 0.2) is 30.3 Å². The van der Waals surface area contributed by atoms with Crippen LogP contribution in [0.4, 0.5) is 0 Å². The minimum atomic E-state index is -1.11. The highest BCUT2D eigenvalue weighted by Gasteiger charge is 2.51. The van der Waals surface area contributed by atoms with Gasteiger partial charge in [-0.3, -0.25) is 4.79 Å². The van der Waals surface area contributed by atoms with Crippen molar-refractivity contribution in [3.63, 3.8) is 0 Å². The van der Waals surface area contributed by atoms with Crippen molar-refractivity contribution in [2.45, 2.75) is 70.9 Å². The molecule has 3 aromatic rings. The number of benzene rings is 3. The van der Waals surface area contributed by atoms with Crippen LogP contribution in [-0.4, -0.2) is 68.9 Å². The predicted octanol–water partition coefficient (Wildman–Crippen LogP) is 5.02. The topological polar surface area (TPSA) is 111 Å². The fourth-order valence-corrected chi connectivity index (χ4v) is 6.18. The van der Waals surface area contributed by atoms with Crippen LogP contribution in [0, 0.1) is 0 Å². The quantitative estimate of drug-likeness (QED) is 0.441. The van der Waals surface area contributed by atoms with Crippen molar-refractivity contribution in [1.29, 1.82) is 0 Å². The Labute approximate surface area is 244 Å². The molecule has 2 fully saturated rings. The van der Waals surface area contributed by atoms with Crippen molar-refractivity contribution >= 4 is 16.6 Å². The van der Waals surface area contributed by atoms with E-state index < -0.39 is 30.4 Å². The van der Waals surface area contributed by atoms with Crippen LogP contribution >= 0.6 is 0 Å². The Morgan fingerprint density at radius 2 is 1.62 bits per heavy atom. The monoisotopic (exact) mass is 580 g/mol. The fourth-order valence-electron chi connectivity index (χ4n) is 6.18. The standard InChI is InChI=1S/C30H30O10.C2H6/c1-30(2)39-23-12-35-29(26(32)28(23)40-30)38-27-15-6-7-18(31)25(15)24(14-5-8-19-22(9-14)37-13-36-19)16-10-20(33-3)21(34-4)11-17(16)27;1-2/h5,8-11,23,26,28-29,32H,6-7,12-13H2,1-4H3;1-2H3. The molecular weight excluding hydrogens is 544 g/mol. The van der Waals surface area contributed by atoms with Crippen molar-refractivity contribution in [1.82, 2.24) is 0 Å². The Bertz CT molecular complexity index is 1530. The van der Waals surface area contributed by atoms with Crippen LogP contribution in [0.5, 0.6) is 28.7 Å². The van der Waals surface area contributed by atoms with E-state index >= 15 is 0 Å². The molecule has 3 heterocycles. The maximum atomic E-state index is 13.5. The zero-order valence-electron chi connectivity index (χ0n) is 24.6. The molecule has 0 radical (unpaired) electrons. The maximum absolute atomic E-state index is 13.5. The molecule has 7 rings (SSSR count). The molecule has 1 N–H and O–H groups in total. The average molecular weight is 581 g/mol. The number of Topliss-reactive ketones (excluding diaryl/α,β-unsaturated/α-hetero) is 1. The third kappa shape index (κ3) is 4.63. The molecule has 0 amide bonds. The largest absolute Gasteiger partial charge is 0.493 e. The Morgan fingerprint density at radius 1 is 0.905 bits per heavy atom. The molecule has 10 heteroatoms. The minimum Gasteiger partial charge on any atom is -0.493 e. The third-order valence-corrected chi connectivity index (χ3v) is 7.90. The van der Waals surface area contributed by atoms with E-state index in [4.69, 9.17) is 37.9 Å². The van der Waals surface area contributed by atoms with Crippen LogP contribution in [0.1, 0.15) is 50.0 Å². The van der Waals surface area contributed by atoms with Gasteiger partial charge in [0.2, 0.25) is 13.1 Å². The van der Waals surface area contributed by atoms with Gasteiger partial charge in [-0.2, -0.15) is 0 Å². The molecule has 0 spiro atoms. The van der Waals surface area contributed by atoms with Crippen LogP contribution in [-0.2, 0) is 20.6 Å². The van der Waals surface area contributed by atoms with Crippen molar-refractivity contribution in [2.75, 3.05) is 27.6 Å². The number of methoxy groups -OCH3 is 2. The van der Waals surface area contributed by atoms with E-state index in [1.165, 1.54) is 0 Å².